The van der Waals surface area contributed by atoms with Gasteiger partial charge in [0, 0.05) is 28.9 Å². The quantitative estimate of drug-likeness (QED) is 0.303. The summed E-state index contributed by atoms with van der Waals surface area (Å²) in [6.07, 6.45) is 2.36. The van der Waals surface area contributed by atoms with E-state index in [1.54, 1.807) is 18.2 Å². The second-order valence-corrected chi connectivity index (χ2v) is 8.50. The molecule has 0 bridgehead atoms. The van der Waals surface area contributed by atoms with Crippen LogP contribution in [0.2, 0.25) is 10.0 Å². The van der Waals surface area contributed by atoms with Gasteiger partial charge in [-0.05, 0) is 62.3 Å². The first-order valence-corrected chi connectivity index (χ1v) is 11.2. The van der Waals surface area contributed by atoms with Gasteiger partial charge in [-0.2, -0.15) is 5.10 Å². The molecule has 0 atom stereocenters. The van der Waals surface area contributed by atoms with Crippen molar-refractivity contribution in [1.29, 1.82) is 0 Å². The number of aryl methyl sites for hydroxylation is 1. The largest absolute Gasteiger partial charge is 0.455 e. The Morgan fingerprint density at radius 2 is 1.81 bits per heavy atom. The van der Waals surface area contributed by atoms with Crippen LogP contribution in [0.25, 0.3) is 0 Å². The highest BCUT2D eigenvalue weighted by atomic mass is 35.5. The first kappa shape index (κ1) is 22.3. The van der Waals surface area contributed by atoms with E-state index in [-0.39, 0.29) is 11.7 Å². The highest BCUT2D eigenvalue weighted by molar-refractivity contribution is 7.80. The lowest BCUT2D eigenvalue weighted by atomic mass is 9.93. The number of amides is 1. The summed E-state index contributed by atoms with van der Waals surface area (Å²) in [5.41, 5.74) is 6.69. The summed E-state index contributed by atoms with van der Waals surface area (Å²) < 4.78 is 5.93. The maximum atomic E-state index is 12.9. The Labute approximate surface area is 201 Å². The minimum atomic E-state index is -0.358. The summed E-state index contributed by atoms with van der Waals surface area (Å²) in [4.78, 5) is 12.9. The van der Waals surface area contributed by atoms with Crippen LogP contribution in [-0.2, 0) is 6.42 Å². The number of thiocarbonyl (C=S) groups is 1. The van der Waals surface area contributed by atoms with Crippen molar-refractivity contribution in [2.75, 3.05) is 10.6 Å². The third-order valence-corrected chi connectivity index (χ3v) is 5.97. The molecular formula is C23H20Cl2N4O2S. The Kier molecular flexibility index (Phi) is 6.79. The van der Waals surface area contributed by atoms with Crippen molar-refractivity contribution >= 4 is 63.5 Å². The number of hydrazone groups is 1. The lowest BCUT2D eigenvalue weighted by Gasteiger charge is -2.14. The van der Waals surface area contributed by atoms with Crippen molar-refractivity contribution in [2.24, 2.45) is 5.10 Å². The first-order chi connectivity index (χ1) is 15.4. The molecule has 32 heavy (non-hydrogen) atoms. The lowest BCUT2D eigenvalue weighted by molar-refractivity contribution is 0.0994. The van der Waals surface area contributed by atoms with Crippen LogP contribution in [0, 0.1) is 6.92 Å². The van der Waals surface area contributed by atoms with Crippen LogP contribution in [0.5, 0.6) is 0 Å². The number of hydrogen-bond donors (Lipinski definition) is 3. The van der Waals surface area contributed by atoms with E-state index in [1.807, 2.05) is 37.3 Å². The van der Waals surface area contributed by atoms with Gasteiger partial charge in [0.15, 0.2) is 10.9 Å². The molecule has 0 aliphatic heterocycles. The normalized spacial score (nSPS) is 14.0. The van der Waals surface area contributed by atoms with Crippen LogP contribution >= 0.6 is 35.4 Å². The molecular weight excluding hydrogens is 467 g/mol. The van der Waals surface area contributed by atoms with E-state index in [9.17, 15) is 4.79 Å². The van der Waals surface area contributed by atoms with Crippen molar-refractivity contribution in [3.05, 3.63) is 81.2 Å². The number of nitrogens with one attached hydrogen (secondary N) is 3. The van der Waals surface area contributed by atoms with Gasteiger partial charge >= 0.3 is 0 Å². The number of benzene rings is 2. The molecule has 0 saturated carbocycles. The zero-order valence-electron chi connectivity index (χ0n) is 17.2. The molecule has 6 nitrogen and oxygen atoms in total. The van der Waals surface area contributed by atoms with Crippen LogP contribution in [0.3, 0.4) is 0 Å². The number of para-hydroxylation sites is 1. The van der Waals surface area contributed by atoms with Gasteiger partial charge in [0.1, 0.15) is 5.76 Å². The molecule has 9 heteroatoms. The number of carbonyl (C=O) groups is 1. The van der Waals surface area contributed by atoms with Crippen molar-refractivity contribution < 1.29 is 9.21 Å². The summed E-state index contributed by atoms with van der Waals surface area (Å²) in [6.45, 7) is 1.85. The second kappa shape index (κ2) is 9.73. The molecule has 1 aliphatic carbocycles. The third-order valence-electron chi connectivity index (χ3n) is 5.03. The molecule has 0 unspecified atom stereocenters. The van der Waals surface area contributed by atoms with Crippen molar-refractivity contribution in [1.82, 2.24) is 5.43 Å². The van der Waals surface area contributed by atoms with Crippen molar-refractivity contribution in [2.45, 2.75) is 26.2 Å². The predicted octanol–water partition coefficient (Wildman–Crippen LogP) is 6.17. The van der Waals surface area contributed by atoms with Gasteiger partial charge in [0.25, 0.3) is 5.91 Å². The molecule has 3 N–H and O–H groups in total. The van der Waals surface area contributed by atoms with Gasteiger partial charge in [0.2, 0.25) is 0 Å². The smallest absolute Gasteiger partial charge is 0.291 e. The summed E-state index contributed by atoms with van der Waals surface area (Å²) in [5, 5.41) is 11.6. The Hall–Kier alpha value is -2.87. The average molecular weight is 487 g/mol. The van der Waals surface area contributed by atoms with Gasteiger partial charge in [-0.3, -0.25) is 10.2 Å². The highest BCUT2D eigenvalue weighted by Crippen LogP contribution is 2.31. The number of nitrogens with zero attached hydrogens (tertiary/aromatic N) is 1. The minimum Gasteiger partial charge on any atom is -0.455 e. The Morgan fingerprint density at radius 3 is 2.56 bits per heavy atom. The van der Waals surface area contributed by atoms with Crippen LogP contribution in [0.1, 0.15) is 40.3 Å². The van der Waals surface area contributed by atoms with Crippen LogP contribution < -0.4 is 16.1 Å². The van der Waals surface area contributed by atoms with Gasteiger partial charge in [-0.1, -0.05) is 41.4 Å². The minimum absolute atomic E-state index is 0.251. The molecule has 0 spiro atoms. The standard InChI is InChI=1S/C23H20Cl2N4O2S/c1-13-20-18(28-29-23(32)27-14-6-3-2-4-7-14)8-5-9-19(20)31-21(13)22(30)26-15-10-11-16(24)17(25)12-15/h2-4,6-7,10-12H,5,8-9H2,1H3,(H,26,30)(H2,27,29,32)/b28-18+. The number of anilines is 2. The molecule has 4 rings (SSSR count). The summed E-state index contributed by atoms with van der Waals surface area (Å²) >= 11 is 17.3. The molecule has 3 aromatic rings. The molecule has 1 aromatic heterocycles. The second-order valence-electron chi connectivity index (χ2n) is 7.28. The summed E-state index contributed by atoms with van der Waals surface area (Å²) in [5.74, 6) is 0.639. The number of hydrogen-bond acceptors (Lipinski definition) is 4. The monoisotopic (exact) mass is 486 g/mol. The number of furan rings is 1. The fourth-order valence-corrected chi connectivity index (χ4v) is 4.02. The molecule has 2 aromatic carbocycles. The van der Waals surface area contributed by atoms with E-state index in [2.05, 4.69) is 21.2 Å². The zero-order valence-corrected chi connectivity index (χ0v) is 19.5. The van der Waals surface area contributed by atoms with Crippen LogP contribution in [0.4, 0.5) is 11.4 Å². The van der Waals surface area contributed by atoms with Crippen LogP contribution in [0.15, 0.2) is 58.0 Å². The van der Waals surface area contributed by atoms with Crippen molar-refractivity contribution in [3.63, 3.8) is 0 Å². The van der Waals surface area contributed by atoms with E-state index in [4.69, 9.17) is 39.8 Å². The van der Waals surface area contributed by atoms with E-state index < -0.39 is 0 Å². The Morgan fingerprint density at radius 1 is 1.03 bits per heavy atom. The first-order valence-electron chi connectivity index (χ1n) is 10.00. The topological polar surface area (TPSA) is 78.7 Å². The molecule has 1 amide bonds. The molecule has 1 heterocycles. The van der Waals surface area contributed by atoms with Gasteiger partial charge in [-0.25, -0.2) is 0 Å². The average Bonchev–Trinajstić information content (AvgIpc) is 3.13. The Balaban J connectivity index is 1.51. The van der Waals surface area contributed by atoms with E-state index >= 15 is 0 Å². The fourth-order valence-electron chi connectivity index (χ4n) is 3.56. The number of carbonyl (C=O) groups excluding carboxylic acids is 1. The maximum absolute atomic E-state index is 12.9. The lowest BCUT2D eigenvalue weighted by Crippen LogP contribution is -2.26. The van der Waals surface area contributed by atoms with E-state index in [0.29, 0.717) is 20.8 Å². The maximum Gasteiger partial charge on any atom is 0.291 e. The summed E-state index contributed by atoms with van der Waals surface area (Å²) in [6, 6.07) is 14.5. The number of rotatable bonds is 4. The molecule has 1 aliphatic rings. The van der Waals surface area contributed by atoms with Gasteiger partial charge in [-0.15, -0.1) is 0 Å². The zero-order chi connectivity index (χ0) is 22.7. The fraction of sp³-hybridized carbons (Fsp3) is 0.174. The molecule has 164 valence electrons. The third kappa shape index (κ3) is 4.96. The van der Waals surface area contributed by atoms with E-state index in [0.717, 1.165) is 47.5 Å². The van der Waals surface area contributed by atoms with Crippen molar-refractivity contribution in [3.8, 4) is 0 Å². The molecule has 0 radical (unpaired) electrons. The summed E-state index contributed by atoms with van der Waals surface area (Å²) in [7, 11) is 0. The highest BCUT2D eigenvalue weighted by Gasteiger charge is 2.28. The van der Waals surface area contributed by atoms with E-state index in [1.165, 1.54) is 0 Å². The molecule has 0 fully saturated rings. The van der Waals surface area contributed by atoms with Gasteiger partial charge in [0.05, 0.1) is 15.8 Å². The van der Waals surface area contributed by atoms with Gasteiger partial charge < -0.3 is 15.1 Å². The van der Waals surface area contributed by atoms with Crippen LogP contribution in [-0.4, -0.2) is 16.7 Å². The SMILES string of the molecule is Cc1c(C(=O)Nc2ccc(Cl)c(Cl)c2)oc2c1/C(=N/NC(=S)Nc1ccccc1)CCC2. The predicted molar refractivity (Wildman–Crippen MR) is 133 cm³/mol. The number of halogens is 2. The number of fused-ring (bicyclic) bond motifs is 1. The molecule has 0 saturated heterocycles. The Bertz CT molecular complexity index is 1210.